The van der Waals surface area contributed by atoms with Crippen LogP contribution in [0.2, 0.25) is 0 Å². The summed E-state index contributed by atoms with van der Waals surface area (Å²) in [5.41, 5.74) is 1.06. The molecule has 0 unspecified atom stereocenters. The molecule has 0 atom stereocenters. The highest BCUT2D eigenvalue weighted by Gasteiger charge is 2.16. The van der Waals surface area contributed by atoms with E-state index >= 15 is 0 Å². The molecule has 0 bridgehead atoms. The summed E-state index contributed by atoms with van der Waals surface area (Å²) < 4.78 is 26.3. The normalized spacial score (nSPS) is 11.0. The third-order valence-electron chi connectivity index (χ3n) is 2.22. The number of hydrogen-bond donors (Lipinski definition) is 2. The van der Waals surface area contributed by atoms with E-state index in [1.165, 1.54) is 19.1 Å². The highest BCUT2D eigenvalue weighted by molar-refractivity contribution is 7.89. The summed E-state index contributed by atoms with van der Waals surface area (Å²) in [6.45, 7) is 6.67. The van der Waals surface area contributed by atoms with Gasteiger partial charge in [-0.15, -0.1) is 6.58 Å². The first kappa shape index (κ1) is 14.4. The van der Waals surface area contributed by atoms with Crippen molar-refractivity contribution in [1.29, 1.82) is 0 Å². The van der Waals surface area contributed by atoms with Crippen LogP contribution < -0.4 is 10.0 Å². The molecule has 0 aliphatic carbocycles. The Balaban J connectivity index is 3.14. The molecule has 1 aromatic carbocycles. The Labute approximate surface area is 107 Å². The van der Waals surface area contributed by atoms with Gasteiger partial charge in [0, 0.05) is 19.2 Å². The van der Waals surface area contributed by atoms with Gasteiger partial charge in [0.15, 0.2) is 0 Å². The number of carbonyl (C=O) groups is 1. The fourth-order valence-corrected chi connectivity index (χ4v) is 2.68. The molecule has 1 amide bonds. The van der Waals surface area contributed by atoms with Gasteiger partial charge in [-0.3, -0.25) is 4.79 Å². The number of aryl methyl sites for hydroxylation is 1. The van der Waals surface area contributed by atoms with Crippen LogP contribution >= 0.6 is 0 Å². The van der Waals surface area contributed by atoms with E-state index in [0.29, 0.717) is 11.3 Å². The Bertz CT molecular complexity index is 565. The minimum atomic E-state index is -3.58. The van der Waals surface area contributed by atoms with Crippen molar-refractivity contribution >= 4 is 21.6 Å². The lowest BCUT2D eigenvalue weighted by molar-refractivity contribution is -0.114. The summed E-state index contributed by atoms with van der Waals surface area (Å²) in [6, 6.07) is 4.74. The van der Waals surface area contributed by atoms with Crippen LogP contribution in [-0.2, 0) is 14.8 Å². The number of hydrogen-bond acceptors (Lipinski definition) is 3. The van der Waals surface area contributed by atoms with E-state index in [-0.39, 0.29) is 17.3 Å². The summed E-state index contributed by atoms with van der Waals surface area (Å²) in [6.07, 6.45) is 1.46. The van der Waals surface area contributed by atoms with E-state index in [2.05, 4.69) is 16.6 Å². The molecule has 2 N–H and O–H groups in total. The molecule has 1 rings (SSSR count). The molecular weight excluding hydrogens is 252 g/mol. The second kappa shape index (κ2) is 5.79. The quantitative estimate of drug-likeness (QED) is 0.793. The first-order valence-electron chi connectivity index (χ1n) is 5.35. The zero-order chi connectivity index (χ0) is 13.8. The summed E-state index contributed by atoms with van der Waals surface area (Å²) in [5, 5.41) is 2.55. The van der Waals surface area contributed by atoms with Crippen molar-refractivity contribution in [3.05, 3.63) is 36.4 Å². The monoisotopic (exact) mass is 268 g/mol. The fraction of sp³-hybridized carbons (Fsp3) is 0.250. The van der Waals surface area contributed by atoms with E-state index in [1.807, 2.05) is 0 Å². The van der Waals surface area contributed by atoms with Crippen molar-refractivity contribution in [2.45, 2.75) is 18.7 Å². The molecule has 0 saturated heterocycles. The van der Waals surface area contributed by atoms with Crippen molar-refractivity contribution in [1.82, 2.24) is 4.72 Å². The third-order valence-corrected chi connectivity index (χ3v) is 3.78. The molecule has 6 heteroatoms. The lowest BCUT2D eigenvalue weighted by Gasteiger charge is -2.10. The summed E-state index contributed by atoms with van der Waals surface area (Å²) in [5.74, 6) is -0.249. The second-order valence-electron chi connectivity index (χ2n) is 3.80. The van der Waals surface area contributed by atoms with Crippen LogP contribution in [-0.4, -0.2) is 20.9 Å². The molecule has 0 heterocycles. The number of benzene rings is 1. The fourth-order valence-electron chi connectivity index (χ4n) is 1.42. The van der Waals surface area contributed by atoms with Gasteiger partial charge in [0.25, 0.3) is 0 Å². The van der Waals surface area contributed by atoms with Crippen molar-refractivity contribution < 1.29 is 13.2 Å². The van der Waals surface area contributed by atoms with E-state index in [1.54, 1.807) is 19.1 Å². The van der Waals surface area contributed by atoms with Crippen LogP contribution in [0.1, 0.15) is 12.5 Å². The van der Waals surface area contributed by atoms with E-state index in [0.717, 1.165) is 0 Å². The zero-order valence-electron chi connectivity index (χ0n) is 10.4. The number of nitrogens with one attached hydrogen (secondary N) is 2. The topological polar surface area (TPSA) is 75.3 Å². The molecule has 0 aliphatic rings. The van der Waals surface area contributed by atoms with Crippen molar-refractivity contribution in [3.8, 4) is 0 Å². The number of anilines is 1. The Morgan fingerprint density at radius 2 is 2.11 bits per heavy atom. The molecule has 0 aliphatic heterocycles. The minimum Gasteiger partial charge on any atom is -0.326 e. The average molecular weight is 268 g/mol. The first-order chi connectivity index (χ1) is 8.36. The van der Waals surface area contributed by atoms with Crippen LogP contribution in [0.25, 0.3) is 0 Å². The van der Waals surface area contributed by atoms with E-state index in [9.17, 15) is 13.2 Å². The summed E-state index contributed by atoms with van der Waals surface area (Å²) in [7, 11) is -3.58. The molecule has 5 nitrogen and oxygen atoms in total. The molecule has 0 saturated carbocycles. The maximum atomic E-state index is 12.0. The predicted octanol–water partition coefficient (Wildman–Crippen LogP) is 1.42. The second-order valence-corrected chi connectivity index (χ2v) is 5.54. The van der Waals surface area contributed by atoms with Gasteiger partial charge in [-0.05, 0) is 24.6 Å². The lowest BCUT2D eigenvalue weighted by atomic mass is 10.2. The Kier molecular flexibility index (Phi) is 4.63. The predicted molar refractivity (Wildman–Crippen MR) is 70.9 cm³/mol. The molecule has 0 aromatic heterocycles. The maximum Gasteiger partial charge on any atom is 0.241 e. The van der Waals surface area contributed by atoms with Gasteiger partial charge < -0.3 is 5.32 Å². The lowest BCUT2D eigenvalue weighted by Crippen LogP contribution is -2.24. The highest BCUT2D eigenvalue weighted by atomic mass is 32.2. The van der Waals surface area contributed by atoms with Gasteiger partial charge >= 0.3 is 0 Å². The Hall–Kier alpha value is -1.66. The molecule has 0 fully saturated rings. The van der Waals surface area contributed by atoms with Gasteiger partial charge in [-0.2, -0.15) is 0 Å². The van der Waals surface area contributed by atoms with Crippen LogP contribution in [0.3, 0.4) is 0 Å². The summed E-state index contributed by atoms with van der Waals surface area (Å²) >= 11 is 0. The van der Waals surface area contributed by atoms with Crippen molar-refractivity contribution in [3.63, 3.8) is 0 Å². The van der Waals surface area contributed by atoms with Gasteiger partial charge in [-0.1, -0.05) is 12.1 Å². The molecule has 18 heavy (non-hydrogen) atoms. The van der Waals surface area contributed by atoms with Crippen LogP contribution in [0.5, 0.6) is 0 Å². The average Bonchev–Trinajstić information content (AvgIpc) is 2.28. The van der Waals surface area contributed by atoms with Crippen molar-refractivity contribution in [2.24, 2.45) is 0 Å². The van der Waals surface area contributed by atoms with Gasteiger partial charge in [-0.25, -0.2) is 13.1 Å². The van der Waals surface area contributed by atoms with E-state index < -0.39 is 10.0 Å². The molecule has 0 spiro atoms. The smallest absolute Gasteiger partial charge is 0.241 e. The highest BCUT2D eigenvalue weighted by Crippen LogP contribution is 2.19. The zero-order valence-corrected chi connectivity index (χ0v) is 11.2. The Morgan fingerprint density at radius 1 is 1.44 bits per heavy atom. The summed E-state index contributed by atoms with van der Waals surface area (Å²) in [4.78, 5) is 11.1. The minimum absolute atomic E-state index is 0.149. The SMILES string of the molecule is C=CCNS(=O)(=O)c1cc(NC(C)=O)ccc1C. The number of carbonyl (C=O) groups excluding carboxylic acids is 1. The maximum absolute atomic E-state index is 12.0. The van der Waals surface area contributed by atoms with Gasteiger partial charge in [0.05, 0.1) is 4.90 Å². The van der Waals surface area contributed by atoms with Gasteiger partial charge in [0.2, 0.25) is 15.9 Å². The standard InChI is InChI=1S/C12H16N2O3S/c1-4-7-13-18(16,17)12-8-11(14-10(3)15)6-5-9(12)2/h4-6,8,13H,1,7H2,2-3H3,(H,14,15). The molecule has 98 valence electrons. The number of sulfonamides is 1. The van der Waals surface area contributed by atoms with Gasteiger partial charge in [0.1, 0.15) is 0 Å². The largest absolute Gasteiger partial charge is 0.326 e. The van der Waals surface area contributed by atoms with Crippen LogP contribution in [0.4, 0.5) is 5.69 Å². The molecular formula is C12H16N2O3S. The number of rotatable bonds is 5. The first-order valence-corrected chi connectivity index (χ1v) is 6.84. The van der Waals surface area contributed by atoms with E-state index in [4.69, 9.17) is 0 Å². The number of amides is 1. The molecule has 0 radical (unpaired) electrons. The van der Waals surface area contributed by atoms with Crippen LogP contribution in [0.15, 0.2) is 35.7 Å². The third kappa shape index (κ3) is 3.68. The Morgan fingerprint density at radius 3 is 2.67 bits per heavy atom. The van der Waals surface area contributed by atoms with Crippen molar-refractivity contribution in [2.75, 3.05) is 11.9 Å². The molecule has 1 aromatic rings. The van der Waals surface area contributed by atoms with Crippen LogP contribution in [0, 0.1) is 6.92 Å².